The van der Waals surface area contributed by atoms with Crippen molar-refractivity contribution in [1.82, 2.24) is 9.88 Å². The number of oxazole rings is 1. The van der Waals surface area contributed by atoms with Gasteiger partial charge >= 0.3 is 0 Å². The maximum Gasteiger partial charge on any atom is 0.181 e. The maximum absolute atomic E-state index is 5.89. The van der Waals surface area contributed by atoms with Crippen LogP contribution in [-0.2, 0) is 0 Å². The number of nitrogens with zero attached hydrogens (tertiary/aromatic N) is 2. The fourth-order valence-electron chi connectivity index (χ4n) is 2.14. The molecule has 4 nitrogen and oxygen atoms in total. The van der Waals surface area contributed by atoms with Crippen LogP contribution in [0.15, 0.2) is 10.8 Å². The van der Waals surface area contributed by atoms with Gasteiger partial charge in [0.1, 0.15) is 5.76 Å². The molecular formula is C10H17N3O. The van der Waals surface area contributed by atoms with Gasteiger partial charge in [0.2, 0.25) is 0 Å². The summed E-state index contributed by atoms with van der Waals surface area (Å²) < 4.78 is 5.42. The number of likely N-dealkylation sites (N-methyl/N-ethyl adjacent to an activating group) is 1. The summed E-state index contributed by atoms with van der Waals surface area (Å²) in [5.74, 6) is 0.999. The van der Waals surface area contributed by atoms with Gasteiger partial charge in [-0.15, -0.1) is 0 Å². The second kappa shape index (κ2) is 3.71. The van der Waals surface area contributed by atoms with Gasteiger partial charge in [-0.1, -0.05) is 0 Å². The molecule has 2 rings (SSSR count). The molecule has 0 radical (unpaired) electrons. The van der Waals surface area contributed by atoms with Gasteiger partial charge in [0, 0.05) is 12.6 Å². The van der Waals surface area contributed by atoms with Crippen LogP contribution < -0.4 is 5.73 Å². The third-order valence-corrected chi connectivity index (χ3v) is 2.95. The molecule has 1 aliphatic heterocycles. The van der Waals surface area contributed by atoms with Crippen LogP contribution in [0.3, 0.4) is 0 Å². The van der Waals surface area contributed by atoms with Crippen molar-refractivity contribution in [2.45, 2.75) is 31.8 Å². The van der Waals surface area contributed by atoms with Crippen molar-refractivity contribution in [2.75, 3.05) is 13.6 Å². The van der Waals surface area contributed by atoms with Crippen LogP contribution in [0, 0.1) is 6.92 Å². The van der Waals surface area contributed by atoms with E-state index in [2.05, 4.69) is 16.9 Å². The lowest BCUT2D eigenvalue weighted by Gasteiger charge is -2.34. The molecule has 1 aromatic heterocycles. The lowest BCUT2D eigenvalue weighted by atomic mass is 9.97. The third kappa shape index (κ3) is 1.67. The van der Waals surface area contributed by atoms with Gasteiger partial charge in [-0.3, -0.25) is 4.90 Å². The van der Waals surface area contributed by atoms with Crippen molar-refractivity contribution in [2.24, 2.45) is 5.73 Å². The Hall–Kier alpha value is -0.870. The number of aromatic nitrogens is 1. The zero-order valence-electron chi connectivity index (χ0n) is 8.73. The van der Waals surface area contributed by atoms with Gasteiger partial charge in [-0.25, -0.2) is 4.98 Å². The molecule has 0 saturated carbocycles. The Morgan fingerprint density at radius 3 is 2.93 bits per heavy atom. The first-order valence-electron chi connectivity index (χ1n) is 5.04. The van der Waals surface area contributed by atoms with E-state index in [1.54, 1.807) is 0 Å². The lowest BCUT2D eigenvalue weighted by Crippen LogP contribution is -2.42. The predicted octanol–water partition coefficient (Wildman–Crippen LogP) is 1.08. The maximum atomic E-state index is 5.89. The van der Waals surface area contributed by atoms with Gasteiger partial charge in [0.15, 0.2) is 6.39 Å². The lowest BCUT2D eigenvalue weighted by molar-refractivity contribution is 0.148. The summed E-state index contributed by atoms with van der Waals surface area (Å²) in [6.07, 6.45) is 3.65. The van der Waals surface area contributed by atoms with E-state index in [-0.39, 0.29) is 0 Å². The number of nitrogens with two attached hydrogens (primary N) is 1. The summed E-state index contributed by atoms with van der Waals surface area (Å²) >= 11 is 0. The average molecular weight is 195 g/mol. The van der Waals surface area contributed by atoms with E-state index >= 15 is 0 Å². The van der Waals surface area contributed by atoms with Crippen LogP contribution in [0.25, 0.3) is 0 Å². The minimum Gasteiger partial charge on any atom is -0.447 e. The molecule has 2 heterocycles. The minimum atomic E-state index is 0.305. The van der Waals surface area contributed by atoms with Gasteiger partial charge in [-0.05, 0) is 26.8 Å². The molecule has 0 amide bonds. The van der Waals surface area contributed by atoms with Crippen molar-refractivity contribution in [3.05, 3.63) is 17.8 Å². The zero-order valence-corrected chi connectivity index (χ0v) is 8.73. The Labute approximate surface area is 84.1 Å². The van der Waals surface area contributed by atoms with E-state index in [4.69, 9.17) is 10.2 Å². The van der Waals surface area contributed by atoms with Crippen LogP contribution in [0.5, 0.6) is 0 Å². The second-order valence-electron chi connectivity index (χ2n) is 4.09. The Morgan fingerprint density at radius 1 is 1.57 bits per heavy atom. The summed E-state index contributed by atoms with van der Waals surface area (Å²) in [5, 5.41) is 0. The van der Waals surface area contributed by atoms with Crippen LogP contribution in [-0.4, -0.2) is 29.5 Å². The molecule has 0 spiro atoms. The van der Waals surface area contributed by atoms with E-state index in [0.717, 1.165) is 30.8 Å². The SMILES string of the molecule is Cc1ncoc1C1CCC(N)CN1C. The van der Waals surface area contributed by atoms with E-state index in [1.165, 1.54) is 6.39 Å². The van der Waals surface area contributed by atoms with Crippen molar-refractivity contribution in [3.8, 4) is 0 Å². The van der Waals surface area contributed by atoms with Crippen molar-refractivity contribution in [3.63, 3.8) is 0 Å². The predicted molar refractivity (Wildman–Crippen MR) is 53.8 cm³/mol. The summed E-state index contributed by atoms with van der Waals surface area (Å²) in [7, 11) is 2.09. The Morgan fingerprint density at radius 2 is 2.36 bits per heavy atom. The molecule has 14 heavy (non-hydrogen) atoms. The van der Waals surface area contributed by atoms with Gasteiger partial charge in [-0.2, -0.15) is 0 Å². The molecule has 0 aliphatic carbocycles. The third-order valence-electron chi connectivity index (χ3n) is 2.95. The number of hydrogen-bond donors (Lipinski definition) is 1. The monoisotopic (exact) mass is 195 g/mol. The number of aryl methyl sites for hydroxylation is 1. The molecule has 2 unspecified atom stereocenters. The molecule has 4 heteroatoms. The number of hydrogen-bond acceptors (Lipinski definition) is 4. The highest BCUT2D eigenvalue weighted by atomic mass is 16.3. The number of rotatable bonds is 1. The Kier molecular flexibility index (Phi) is 2.56. The van der Waals surface area contributed by atoms with Gasteiger partial charge in [0.25, 0.3) is 0 Å². The largest absolute Gasteiger partial charge is 0.447 e. The standard InChI is InChI=1S/C10H17N3O/c1-7-10(14-6-12-7)9-4-3-8(11)5-13(9)2/h6,8-9H,3-5,11H2,1-2H3. The highest BCUT2D eigenvalue weighted by Crippen LogP contribution is 2.30. The van der Waals surface area contributed by atoms with Crippen molar-refractivity contribution in [1.29, 1.82) is 0 Å². The van der Waals surface area contributed by atoms with Crippen molar-refractivity contribution < 1.29 is 4.42 Å². The highest BCUT2D eigenvalue weighted by Gasteiger charge is 2.28. The molecule has 1 aromatic rings. The van der Waals surface area contributed by atoms with Crippen LogP contribution in [0.4, 0.5) is 0 Å². The molecule has 2 N–H and O–H groups in total. The van der Waals surface area contributed by atoms with Gasteiger partial charge < -0.3 is 10.2 Å². The number of piperidine rings is 1. The van der Waals surface area contributed by atoms with E-state index < -0.39 is 0 Å². The molecule has 1 aliphatic rings. The summed E-state index contributed by atoms with van der Waals surface area (Å²) in [6.45, 7) is 2.92. The molecular weight excluding hydrogens is 178 g/mol. The molecule has 0 aromatic carbocycles. The first kappa shape index (κ1) is 9.68. The van der Waals surface area contributed by atoms with Crippen LogP contribution in [0.2, 0.25) is 0 Å². The smallest absolute Gasteiger partial charge is 0.181 e. The summed E-state index contributed by atoms with van der Waals surface area (Å²) in [5.41, 5.74) is 6.89. The first-order chi connectivity index (χ1) is 6.68. The fourth-order valence-corrected chi connectivity index (χ4v) is 2.14. The first-order valence-corrected chi connectivity index (χ1v) is 5.04. The topological polar surface area (TPSA) is 55.3 Å². The fraction of sp³-hybridized carbons (Fsp3) is 0.700. The minimum absolute atomic E-state index is 0.305. The van der Waals surface area contributed by atoms with E-state index in [9.17, 15) is 0 Å². The van der Waals surface area contributed by atoms with E-state index in [0.29, 0.717) is 12.1 Å². The molecule has 2 atom stereocenters. The summed E-state index contributed by atoms with van der Waals surface area (Å²) in [6, 6.07) is 0.664. The molecule has 1 saturated heterocycles. The molecule has 1 fully saturated rings. The van der Waals surface area contributed by atoms with E-state index in [1.807, 2.05) is 6.92 Å². The van der Waals surface area contributed by atoms with Crippen molar-refractivity contribution >= 4 is 0 Å². The summed E-state index contributed by atoms with van der Waals surface area (Å²) in [4.78, 5) is 6.37. The van der Waals surface area contributed by atoms with Gasteiger partial charge in [0.05, 0.1) is 11.7 Å². The highest BCUT2D eigenvalue weighted by molar-refractivity contribution is 5.11. The normalized spacial score (nSPS) is 29.4. The Bertz CT molecular complexity index is 310. The quantitative estimate of drug-likeness (QED) is 0.728. The number of likely N-dealkylation sites (tertiary alicyclic amines) is 1. The zero-order chi connectivity index (χ0) is 10.1. The van der Waals surface area contributed by atoms with Crippen LogP contribution in [0.1, 0.15) is 30.3 Å². The molecule has 78 valence electrons. The second-order valence-corrected chi connectivity index (χ2v) is 4.09. The molecule has 0 bridgehead atoms. The average Bonchev–Trinajstić information content (AvgIpc) is 2.52. The Balaban J connectivity index is 2.15. The van der Waals surface area contributed by atoms with Crippen LogP contribution >= 0.6 is 0 Å².